The van der Waals surface area contributed by atoms with Crippen LogP contribution in [0.3, 0.4) is 0 Å². The van der Waals surface area contributed by atoms with Gasteiger partial charge in [0, 0.05) is 31.0 Å². The molecular weight excluding hydrogens is 326 g/mol. The molecule has 0 saturated carbocycles. The number of alkyl halides is 3. The first-order chi connectivity index (χ1) is 11.3. The number of β-amino-alcohol motifs (C(OH)–C–C–N with tert-alkyl or cyclic N) is 1. The van der Waals surface area contributed by atoms with Gasteiger partial charge in [0.2, 0.25) is 5.95 Å². The van der Waals surface area contributed by atoms with Crippen LogP contribution in [0.1, 0.15) is 18.4 Å². The zero-order valence-electron chi connectivity index (χ0n) is 12.6. The highest BCUT2D eigenvalue weighted by atomic mass is 19.4. The van der Waals surface area contributed by atoms with E-state index in [0.29, 0.717) is 24.6 Å². The number of nitrogens with zero attached hydrogens (tertiary/aromatic N) is 3. The summed E-state index contributed by atoms with van der Waals surface area (Å²) in [4.78, 5) is 10.1. The number of aliphatic hydroxyl groups excluding tert-OH is 1. The third-order valence-electron chi connectivity index (χ3n) is 3.92. The first-order valence-corrected chi connectivity index (χ1v) is 7.47. The molecular formula is C16H15F4N3O. The van der Waals surface area contributed by atoms with Gasteiger partial charge in [-0.05, 0) is 30.5 Å². The van der Waals surface area contributed by atoms with Gasteiger partial charge in [-0.2, -0.15) is 13.2 Å². The molecule has 2 heterocycles. The maximum atomic E-state index is 13.3. The fourth-order valence-corrected chi connectivity index (χ4v) is 2.69. The Hall–Kier alpha value is -2.22. The van der Waals surface area contributed by atoms with E-state index in [9.17, 15) is 22.7 Å². The van der Waals surface area contributed by atoms with Crippen LogP contribution in [-0.4, -0.2) is 34.3 Å². The molecule has 0 aliphatic carbocycles. The fourth-order valence-electron chi connectivity index (χ4n) is 2.69. The van der Waals surface area contributed by atoms with Crippen LogP contribution in [0.2, 0.25) is 0 Å². The average molecular weight is 341 g/mol. The molecule has 1 N–H and O–H groups in total. The highest BCUT2D eigenvalue weighted by molar-refractivity contribution is 5.63. The summed E-state index contributed by atoms with van der Waals surface area (Å²) in [6.45, 7) is 1.14. The number of aromatic nitrogens is 2. The van der Waals surface area contributed by atoms with Crippen LogP contribution in [0, 0.1) is 5.82 Å². The van der Waals surface area contributed by atoms with E-state index in [1.54, 1.807) is 0 Å². The second kappa shape index (κ2) is 6.35. The number of anilines is 1. The molecule has 1 aromatic heterocycles. The standard InChI is InChI=1S/C16H15F4N3O/c17-14-4-3-10(6-13(14)16(18,19)20)11-7-21-15(22-8-11)23-5-1-2-12(24)9-23/h3-4,6-8,12,24H,1-2,5,9H2. The molecule has 4 nitrogen and oxygen atoms in total. The number of halogens is 4. The van der Waals surface area contributed by atoms with Gasteiger partial charge in [0.15, 0.2) is 0 Å². The first kappa shape index (κ1) is 16.6. The zero-order valence-corrected chi connectivity index (χ0v) is 12.6. The van der Waals surface area contributed by atoms with Crippen LogP contribution >= 0.6 is 0 Å². The number of rotatable bonds is 2. The molecule has 1 saturated heterocycles. The van der Waals surface area contributed by atoms with Crippen molar-refractivity contribution in [3.8, 4) is 11.1 Å². The van der Waals surface area contributed by atoms with Crippen LogP contribution in [0.4, 0.5) is 23.5 Å². The van der Waals surface area contributed by atoms with Crippen molar-refractivity contribution in [2.24, 2.45) is 0 Å². The maximum absolute atomic E-state index is 13.3. The normalized spacial score (nSPS) is 18.7. The SMILES string of the molecule is OC1CCCN(c2ncc(-c3ccc(F)c(C(F)(F)F)c3)cn2)C1. The van der Waals surface area contributed by atoms with E-state index in [-0.39, 0.29) is 5.56 Å². The molecule has 1 atom stereocenters. The van der Waals surface area contributed by atoms with E-state index < -0.39 is 23.7 Å². The van der Waals surface area contributed by atoms with E-state index in [2.05, 4.69) is 9.97 Å². The van der Waals surface area contributed by atoms with E-state index in [0.717, 1.165) is 25.0 Å². The summed E-state index contributed by atoms with van der Waals surface area (Å²) in [5, 5.41) is 9.67. The summed E-state index contributed by atoms with van der Waals surface area (Å²) in [5.74, 6) is -0.901. The molecule has 0 amide bonds. The summed E-state index contributed by atoms with van der Waals surface area (Å²) < 4.78 is 51.7. The molecule has 3 rings (SSSR count). The summed E-state index contributed by atoms with van der Waals surface area (Å²) in [5.41, 5.74) is -0.765. The molecule has 1 aliphatic heterocycles. The lowest BCUT2D eigenvalue weighted by atomic mass is 10.1. The fraction of sp³-hybridized carbons (Fsp3) is 0.375. The molecule has 2 aromatic rings. The van der Waals surface area contributed by atoms with Gasteiger partial charge in [0.25, 0.3) is 0 Å². The van der Waals surface area contributed by atoms with E-state index in [4.69, 9.17) is 0 Å². The Balaban J connectivity index is 1.86. The topological polar surface area (TPSA) is 49.2 Å². The lowest BCUT2D eigenvalue weighted by Gasteiger charge is -2.29. The van der Waals surface area contributed by atoms with Gasteiger partial charge < -0.3 is 10.0 Å². The predicted molar refractivity (Wildman–Crippen MR) is 79.9 cm³/mol. The molecule has 1 aliphatic rings. The van der Waals surface area contributed by atoms with Gasteiger partial charge in [-0.25, -0.2) is 14.4 Å². The second-order valence-electron chi connectivity index (χ2n) is 5.71. The third-order valence-corrected chi connectivity index (χ3v) is 3.92. The summed E-state index contributed by atoms with van der Waals surface area (Å²) in [6.07, 6.45) is -0.851. The van der Waals surface area contributed by atoms with Crippen LogP contribution in [0.25, 0.3) is 11.1 Å². The van der Waals surface area contributed by atoms with Gasteiger partial charge in [-0.3, -0.25) is 0 Å². The molecule has 0 radical (unpaired) electrons. The van der Waals surface area contributed by atoms with Crippen LogP contribution in [0.15, 0.2) is 30.6 Å². The van der Waals surface area contributed by atoms with Gasteiger partial charge in [-0.1, -0.05) is 6.07 Å². The van der Waals surface area contributed by atoms with Crippen LogP contribution < -0.4 is 4.90 Å². The number of hydrogen-bond acceptors (Lipinski definition) is 4. The van der Waals surface area contributed by atoms with Gasteiger partial charge >= 0.3 is 6.18 Å². The minimum atomic E-state index is -4.76. The van der Waals surface area contributed by atoms with Crippen molar-refractivity contribution in [1.29, 1.82) is 0 Å². The summed E-state index contributed by atoms with van der Waals surface area (Å²) in [6, 6.07) is 2.79. The van der Waals surface area contributed by atoms with Crippen molar-refractivity contribution in [2.45, 2.75) is 25.1 Å². The minimum Gasteiger partial charge on any atom is -0.391 e. The summed E-state index contributed by atoms with van der Waals surface area (Å²) in [7, 11) is 0. The van der Waals surface area contributed by atoms with Crippen molar-refractivity contribution in [3.05, 3.63) is 42.0 Å². The Morgan fingerprint density at radius 1 is 1.12 bits per heavy atom. The Morgan fingerprint density at radius 2 is 1.83 bits per heavy atom. The Bertz CT molecular complexity index is 718. The highest BCUT2D eigenvalue weighted by Gasteiger charge is 2.34. The molecule has 1 aromatic carbocycles. The minimum absolute atomic E-state index is 0.189. The lowest BCUT2D eigenvalue weighted by molar-refractivity contribution is -0.139. The molecule has 128 valence electrons. The van der Waals surface area contributed by atoms with E-state index in [1.165, 1.54) is 18.5 Å². The Morgan fingerprint density at radius 3 is 2.46 bits per heavy atom. The van der Waals surface area contributed by atoms with E-state index >= 15 is 0 Å². The Kier molecular flexibility index (Phi) is 4.40. The Labute approximate surface area is 135 Å². The number of piperidine rings is 1. The van der Waals surface area contributed by atoms with Crippen molar-refractivity contribution < 1.29 is 22.7 Å². The van der Waals surface area contributed by atoms with Crippen LogP contribution in [-0.2, 0) is 6.18 Å². The molecule has 24 heavy (non-hydrogen) atoms. The number of hydrogen-bond donors (Lipinski definition) is 1. The van der Waals surface area contributed by atoms with Crippen molar-refractivity contribution in [1.82, 2.24) is 9.97 Å². The summed E-state index contributed by atoms with van der Waals surface area (Å²) >= 11 is 0. The highest BCUT2D eigenvalue weighted by Crippen LogP contribution is 2.34. The van der Waals surface area contributed by atoms with Crippen molar-refractivity contribution >= 4 is 5.95 Å². The van der Waals surface area contributed by atoms with E-state index in [1.807, 2.05) is 4.90 Å². The molecule has 1 unspecified atom stereocenters. The monoisotopic (exact) mass is 341 g/mol. The third kappa shape index (κ3) is 3.48. The van der Waals surface area contributed by atoms with Gasteiger partial charge in [0.1, 0.15) is 5.82 Å². The quantitative estimate of drug-likeness (QED) is 0.852. The molecule has 1 fully saturated rings. The number of benzene rings is 1. The van der Waals surface area contributed by atoms with Gasteiger partial charge in [0.05, 0.1) is 11.7 Å². The molecule has 8 heteroatoms. The van der Waals surface area contributed by atoms with Crippen LogP contribution in [0.5, 0.6) is 0 Å². The van der Waals surface area contributed by atoms with Crippen molar-refractivity contribution in [3.63, 3.8) is 0 Å². The largest absolute Gasteiger partial charge is 0.419 e. The maximum Gasteiger partial charge on any atom is 0.419 e. The first-order valence-electron chi connectivity index (χ1n) is 7.47. The molecule has 0 spiro atoms. The van der Waals surface area contributed by atoms with Crippen molar-refractivity contribution in [2.75, 3.05) is 18.0 Å². The number of aliphatic hydroxyl groups is 1. The molecule has 0 bridgehead atoms. The lowest BCUT2D eigenvalue weighted by Crippen LogP contribution is -2.39. The van der Waals surface area contributed by atoms with Gasteiger partial charge in [-0.15, -0.1) is 0 Å². The average Bonchev–Trinajstić information content (AvgIpc) is 2.54. The zero-order chi connectivity index (χ0) is 17.3. The predicted octanol–water partition coefficient (Wildman–Crippen LogP) is 3.26. The second-order valence-corrected chi connectivity index (χ2v) is 5.71. The smallest absolute Gasteiger partial charge is 0.391 e.